The van der Waals surface area contributed by atoms with E-state index in [0.29, 0.717) is 23.9 Å². The minimum atomic E-state index is -4.32. The van der Waals surface area contributed by atoms with E-state index in [1.807, 2.05) is 21.1 Å². The van der Waals surface area contributed by atoms with Gasteiger partial charge in [0.25, 0.3) is 0 Å². The summed E-state index contributed by atoms with van der Waals surface area (Å²) in [6.45, 7) is 4.95. The topological polar surface area (TPSA) is 105 Å². The van der Waals surface area contributed by atoms with Crippen molar-refractivity contribution in [1.29, 1.82) is 0 Å². The number of hydrogen-bond acceptors (Lipinski definition) is 5. The van der Waals surface area contributed by atoms with Crippen LogP contribution in [0.1, 0.15) is 316 Å². The quantitative estimate of drug-likeness (QED) is 0.0319. The van der Waals surface area contributed by atoms with E-state index < -0.39 is 20.0 Å². The fraction of sp³-hybridized carbons (Fsp3) is 0.983. The third kappa shape index (κ3) is 53.1. The average molecular weight is 973 g/mol. The van der Waals surface area contributed by atoms with Crippen LogP contribution in [-0.2, 0) is 18.4 Å². The second-order valence-electron chi connectivity index (χ2n) is 22.1. The van der Waals surface area contributed by atoms with Gasteiger partial charge in [0.05, 0.1) is 39.9 Å². The normalized spacial score (nSPS) is 13.8. The highest BCUT2D eigenvalue weighted by molar-refractivity contribution is 7.47. The summed E-state index contributed by atoms with van der Waals surface area (Å²) in [4.78, 5) is 23.4. The zero-order valence-corrected chi connectivity index (χ0v) is 46.8. The highest BCUT2D eigenvalue weighted by Crippen LogP contribution is 2.43. The van der Waals surface area contributed by atoms with Crippen LogP contribution in [0.25, 0.3) is 0 Å². The van der Waals surface area contributed by atoms with E-state index >= 15 is 0 Å². The second kappa shape index (κ2) is 50.4. The maximum absolute atomic E-state index is 13.0. The highest BCUT2D eigenvalue weighted by Gasteiger charge is 2.28. The van der Waals surface area contributed by atoms with Crippen LogP contribution >= 0.6 is 7.82 Å². The van der Waals surface area contributed by atoms with Crippen LogP contribution in [0.3, 0.4) is 0 Å². The number of carbonyl (C=O) groups is 1. The molecule has 3 unspecified atom stereocenters. The number of rotatable bonds is 56. The van der Waals surface area contributed by atoms with Gasteiger partial charge in [-0.25, -0.2) is 4.57 Å². The van der Waals surface area contributed by atoms with E-state index in [9.17, 15) is 19.4 Å². The second-order valence-corrected chi connectivity index (χ2v) is 23.5. The predicted octanol–water partition coefficient (Wildman–Crippen LogP) is 18.0. The number of unbranched alkanes of at least 4 members (excludes halogenated alkanes) is 43. The lowest BCUT2D eigenvalue weighted by molar-refractivity contribution is -0.870. The molecular formula is C58H120N2O6P+. The molecule has 0 fully saturated rings. The minimum Gasteiger partial charge on any atom is -0.391 e. The Balaban J connectivity index is 4.11. The third-order valence-electron chi connectivity index (χ3n) is 14.1. The Morgan fingerprint density at radius 3 is 1.00 bits per heavy atom. The fourth-order valence-corrected chi connectivity index (χ4v) is 10.1. The zero-order valence-electron chi connectivity index (χ0n) is 45.9. The van der Waals surface area contributed by atoms with Crippen molar-refractivity contribution in [1.82, 2.24) is 5.32 Å². The molecule has 0 aliphatic heterocycles. The molecular weight excluding hydrogens is 852 g/mol. The van der Waals surface area contributed by atoms with Gasteiger partial charge in [0, 0.05) is 6.42 Å². The van der Waals surface area contributed by atoms with E-state index in [4.69, 9.17) is 9.05 Å². The molecule has 0 aromatic rings. The van der Waals surface area contributed by atoms with Gasteiger partial charge in [0.15, 0.2) is 0 Å². The number of aliphatic hydroxyl groups excluding tert-OH is 1. The summed E-state index contributed by atoms with van der Waals surface area (Å²) in [7, 11) is 1.64. The molecule has 8 nitrogen and oxygen atoms in total. The van der Waals surface area contributed by atoms with Crippen molar-refractivity contribution >= 4 is 13.7 Å². The summed E-state index contributed by atoms with van der Waals surface area (Å²) in [6.07, 6.45) is 60.2. The summed E-state index contributed by atoms with van der Waals surface area (Å²) in [5.41, 5.74) is 0. The van der Waals surface area contributed by atoms with Gasteiger partial charge in [0.2, 0.25) is 5.91 Å². The van der Waals surface area contributed by atoms with Gasteiger partial charge in [-0.05, 0) is 12.8 Å². The van der Waals surface area contributed by atoms with Crippen LogP contribution in [0.4, 0.5) is 0 Å². The molecule has 0 aromatic heterocycles. The van der Waals surface area contributed by atoms with Crippen molar-refractivity contribution in [2.45, 2.75) is 328 Å². The average Bonchev–Trinajstić information content (AvgIpc) is 3.29. The molecule has 0 aromatic carbocycles. The Kier molecular flexibility index (Phi) is 50.1. The van der Waals surface area contributed by atoms with Gasteiger partial charge in [-0.2, -0.15) is 0 Å². The number of hydrogen-bond donors (Lipinski definition) is 3. The number of quaternary nitrogens is 1. The maximum atomic E-state index is 13.0. The number of aliphatic hydroxyl groups is 1. The lowest BCUT2D eigenvalue weighted by Gasteiger charge is -2.26. The first-order chi connectivity index (χ1) is 32.5. The molecule has 9 heteroatoms. The van der Waals surface area contributed by atoms with Gasteiger partial charge in [-0.1, -0.05) is 296 Å². The molecule has 0 rings (SSSR count). The standard InChI is InChI=1S/C58H119N2O6P/c1-6-8-10-12-14-16-18-20-22-24-26-28-29-30-32-33-35-37-39-41-43-45-47-49-51-57(61)56(55-66-67(63,64)65-54-53-60(3,4)5)59-58(62)52-50-48-46-44-42-40-38-36-34-31-27-25-23-21-19-17-15-13-11-9-7-2/h56-57,61H,6-55H2,1-5H3,(H-,59,62,63,64)/p+1. The number of likely N-dealkylation sites (N-methyl/N-ethyl adjacent to an activating group) is 1. The number of phosphoric acid groups is 1. The number of nitrogens with one attached hydrogen (secondary N) is 1. The first kappa shape index (κ1) is 66.5. The van der Waals surface area contributed by atoms with E-state index in [1.54, 1.807) is 0 Å². The Hall–Kier alpha value is -0.500. The van der Waals surface area contributed by atoms with E-state index in [2.05, 4.69) is 19.2 Å². The predicted molar refractivity (Wildman–Crippen MR) is 291 cm³/mol. The molecule has 402 valence electrons. The smallest absolute Gasteiger partial charge is 0.391 e. The monoisotopic (exact) mass is 972 g/mol. The molecule has 0 saturated carbocycles. The summed E-state index contributed by atoms with van der Waals surface area (Å²) < 4.78 is 23.8. The van der Waals surface area contributed by atoms with Crippen molar-refractivity contribution in [2.75, 3.05) is 40.9 Å². The van der Waals surface area contributed by atoms with Crippen molar-refractivity contribution in [3.63, 3.8) is 0 Å². The summed E-state index contributed by atoms with van der Waals surface area (Å²) in [5, 5.41) is 14.1. The first-order valence-corrected chi connectivity index (χ1v) is 31.4. The number of phosphoric ester groups is 1. The lowest BCUT2D eigenvalue weighted by Crippen LogP contribution is -2.46. The SMILES string of the molecule is CCCCCCCCCCCCCCCCCCCCCCCCCCC(O)C(COP(=O)(O)OCC[N+](C)(C)C)NC(=O)CCCCCCCCCCCCCCCCCCCCCCC. The molecule has 67 heavy (non-hydrogen) atoms. The Labute approximate surface area is 419 Å². The Bertz CT molecular complexity index is 1060. The van der Waals surface area contributed by atoms with Gasteiger partial charge in [-0.3, -0.25) is 13.8 Å². The molecule has 0 spiro atoms. The molecule has 1 amide bonds. The first-order valence-electron chi connectivity index (χ1n) is 29.9. The summed E-state index contributed by atoms with van der Waals surface area (Å²) >= 11 is 0. The lowest BCUT2D eigenvalue weighted by atomic mass is 10.0. The van der Waals surface area contributed by atoms with Crippen LogP contribution in [0.5, 0.6) is 0 Å². The van der Waals surface area contributed by atoms with Crippen molar-refractivity contribution in [3.8, 4) is 0 Å². The maximum Gasteiger partial charge on any atom is 0.472 e. The Morgan fingerprint density at radius 2 is 0.716 bits per heavy atom. The van der Waals surface area contributed by atoms with Crippen LogP contribution < -0.4 is 5.32 Å². The largest absolute Gasteiger partial charge is 0.472 e. The fourth-order valence-electron chi connectivity index (χ4n) is 9.40. The van der Waals surface area contributed by atoms with Crippen LogP contribution in [-0.4, -0.2) is 73.4 Å². The highest BCUT2D eigenvalue weighted by atomic mass is 31.2. The summed E-state index contributed by atoms with van der Waals surface area (Å²) in [5.74, 6) is -0.135. The van der Waals surface area contributed by atoms with E-state index in [0.717, 1.165) is 38.5 Å². The molecule has 0 aliphatic rings. The van der Waals surface area contributed by atoms with Crippen LogP contribution in [0.15, 0.2) is 0 Å². The van der Waals surface area contributed by atoms with E-state index in [1.165, 1.54) is 250 Å². The third-order valence-corrected chi connectivity index (χ3v) is 15.1. The molecule has 0 bridgehead atoms. The van der Waals surface area contributed by atoms with Crippen LogP contribution in [0, 0.1) is 0 Å². The van der Waals surface area contributed by atoms with Gasteiger partial charge < -0.3 is 19.8 Å². The van der Waals surface area contributed by atoms with Crippen molar-refractivity contribution < 1.29 is 32.9 Å². The molecule has 3 N–H and O–H groups in total. The Morgan fingerprint density at radius 1 is 0.448 bits per heavy atom. The number of amides is 1. The molecule has 3 atom stereocenters. The zero-order chi connectivity index (χ0) is 49.2. The molecule has 0 radical (unpaired) electrons. The molecule has 0 aliphatic carbocycles. The summed E-state index contributed by atoms with van der Waals surface area (Å²) in [6, 6.07) is -0.755. The van der Waals surface area contributed by atoms with E-state index in [-0.39, 0.29) is 19.1 Å². The molecule has 0 heterocycles. The van der Waals surface area contributed by atoms with Gasteiger partial charge in [0.1, 0.15) is 13.2 Å². The van der Waals surface area contributed by atoms with Crippen molar-refractivity contribution in [2.24, 2.45) is 0 Å². The molecule has 0 saturated heterocycles. The number of nitrogens with zero attached hydrogens (tertiary/aromatic N) is 1. The van der Waals surface area contributed by atoms with Gasteiger partial charge >= 0.3 is 7.82 Å². The van der Waals surface area contributed by atoms with Gasteiger partial charge in [-0.15, -0.1) is 0 Å². The minimum absolute atomic E-state index is 0.0792. The number of carbonyl (C=O) groups excluding carboxylic acids is 1. The van der Waals surface area contributed by atoms with Crippen LogP contribution in [0.2, 0.25) is 0 Å². The van der Waals surface area contributed by atoms with Crippen molar-refractivity contribution in [3.05, 3.63) is 0 Å².